The molecule has 27 heavy (non-hydrogen) atoms. The molecule has 2 aromatic rings. The van der Waals surface area contributed by atoms with E-state index in [2.05, 4.69) is 15.6 Å². The molecule has 0 atom stereocenters. The van der Waals surface area contributed by atoms with Crippen molar-refractivity contribution in [3.63, 3.8) is 0 Å². The van der Waals surface area contributed by atoms with Crippen LogP contribution in [0.4, 0.5) is 5.69 Å². The molecule has 144 valence electrons. The molecule has 1 aliphatic rings. The lowest BCUT2D eigenvalue weighted by Crippen LogP contribution is -2.26. The first-order chi connectivity index (χ1) is 12.9. The van der Waals surface area contributed by atoms with Crippen LogP contribution in [0.2, 0.25) is 0 Å². The summed E-state index contributed by atoms with van der Waals surface area (Å²) in [7, 11) is 0. The molecule has 0 bridgehead atoms. The largest absolute Gasteiger partial charge is 0.351 e. The van der Waals surface area contributed by atoms with E-state index in [1.165, 1.54) is 0 Å². The molecule has 0 saturated carbocycles. The summed E-state index contributed by atoms with van der Waals surface area (Å²) in [6.07, 6.45) is 3.64. The molecule has 0 radical (unpaired) electrons. The SMILES string of the molecule is CCCNC(=O)c1nc(C(=O)Nc2c(C)cc(C)cc2C)n2c1CCCC2. The molecule has 0 aliphatic carbocycles. The lowest BCUT2D eigenvalue weighted by molar-refractivity contribution is 0.0947. The zero-order chi connectivity index (χ0) is 19.6. The highest BCUT2D eigenvalue weighted by atomic mass is 16.2. The summed E-state index contributed by atoms with van der Waals surface area (Å²) in [4.78, 5) is 30.0. The fourth-order valence-corrected chi connectivity index (χ4v) is 3.77. The zero-order valence-electron chi connectivity index (χ0n) is 16.6. The molecule has 1 aromatic heterocycles. The Bertz CT molecular complexity index is 860. The fourth-order valence-electron chi connectivity index (χ4n) is 3.77. The van der Waals surface area contributed by atoms with Crippen molar-refractivity contribution in [2.24, 2.45) is 0 Å². The van der Waals surface area contributed by atoms with Crippen LogP contribution in [-0.4, -0.2) is 27.9 Å². The number of aromatic nitrogens is 2. The number of fused-ring (bicyclic) bond motifs is 1. The molecule has 3 rings (SSSR count). The predicted molar refractivity (Wildman–Crippen MR) is 106 cm³/mol. The minimum absolute atomic E-state index is 0.191. The zero-order valence-corrected chi connectivity index (χ0v) is 16.6. The molecular weight excluding hydrogens is 340 g/mol. The van der Waals surface area contributed by atoms with Crippen molar-refractivity contribution in [3.05, 3.63) is 46.0 Å². The number of imidazole rings is 1. The van der Waals surface area contributed by atoms with Gasteiger partial charge in [0.1, 0.15) is 5.69 Å². The standard InChI is InChI=1S/C21H28N4O2/c1-5-9-22-20(26)18-16-8-6-7-10-25(16)19(23-18)21(27)24-17-14(3)11-13(2)12-15(17)4/h11-12H,5-10H2,1-4H3,(H,22,26)(H,24,27). The van der Waals surface area contributed by atoms with E-state index in [4.69, 9.17) is 0 Å². The van der Waals surface area contributed by atoms with Crippen LogP contribution in [0.5, 0.6) is 0 Å². The average Bonchev–Trinajstić information content (AvgIpc) is 3.02. The minimum atomic E-state index is -0.261. The molecule has 0 saturated heterocycles. The Kier molecular flexibility index (Phi) is 5.63. The molecule has 1 aromatic carbocycles. The number of rotatable bonds is 5. The number of carbonyl (C=O) groups is 2. The molecule has 0 fully saturated rings. The van der Waals surface area contributed by atoms with Gasteiger partial charge in [-0.05, 0) is 57.6 Å². The number of hydrogen-bond donors (Lipinski definition) is 2. The van der Waals surface area contributed by atoms with E-state index in [9.17, 15) is 9.59 Å². The average molecular weight is 368 g/mol. The Morgan fingerprint density at radius 2 is 1.81 bits per heavy atom. The lowest BCUT2D eigenvalue weighted by atomic mass is 10.1. The second kappa shape index (κ2) is 7.94. The molecule has 6 nitrogen and oxygen atoms in total. The third-order valence-corrected chi connectivity index (χ3v) is 4.99. The maximum absolute atomic E-state index is 13.0. The van der Waals surface area contributed by atoms with E-state index in [0.29, 0.717) is 18.1 Å². The van der Waals surface area contributed by atoms with E-state index < -0.39 is 0 Å². The van der Waals surface area contributed by atoms with Crippen LogP contribution in [0.25, 0.3) is 0 Å². The van der Waals surface area contributed by atoms with Crippen molar-refractivity contribution < 1.29 is 9.59 Å². The molecule has 2 amide bonds. The number of amides is 2. The van der Waals surface area contributed by atoms with Crippen LogP contribution in [0.1, 0.15) is 69.7 Å². The Hall–Kier alpha value is -2.63. The normalized spacial score (nSPS) is 13.2. The first-order valence-electron chi connectivity index (χ1n) is 9.69. The second-order valence-electron chi connectivity index (χ2n) is 7.32. The third-order valence-electron chi connectivity index (χ3n) is 4.99. The van der Waals surface area contributed by atoms with Crippen molar-refractivity contribution in [2.45, 2.75) is 59.9 Å². The van der Waals surface area contributed by atoms with Crippen LogP contribution < -0.4 is 10.6 Å². The molecule has 6 heteroatoms. The summed E-state index contributed by atoms with van der Waals surface area (Å²) < 4.78 is 1.92. The van der Waals surface area contributed by atoms with Gasteiger partial charge < -0.3 is 15.2 Å². The van der Waals surface area contributed by atoms with Gasteiger partial charge in [0.05, 0.1) is 5.69 Å². The molecule has 2 N–H and O–H groups in total. The van der Waals surface area contributed by atoms with Crippen LogP contribution in [0, 0.1) is 20.8 Å². The number of hydrogen-bond acceptors (Lipinski definition) is 3. The molecule has 2 heterocycles. The van der Waals surface area contributed by atoms with Crippen molar-refractivity contribution in [1.29, 1.82) is 0 Å². The number of anilines is 1. The first kappa shape index (κ1) is 19.1. The van der Waals surface area contributed by atoms with Gasteiger partial charge in [-0.15, -0.1) is 0 Å². The molecule has 0 spiro atoms. The second-order valence-corrected chi connectivity index (χ2v) is 7.32. The van der Waals surface area contributed by atoms with Gasteiger partial charge in [0.15, 0.2) is 5.82 Å². The van der Waals surface area contributed by atoms with Gasteiger partial charge in [-0.3, -0.25) is 9.59 Å². The topological polar surface area (TPSA) is 76.0 Å². The fraction of sp³-hybridized carbons (Fsp3) is 0.476. The van der Waals surface area contributed by atoms with Crippen molar-refractivity contribution in [1.82, 2.24) is 14.9 Å². The number of benzene rings is 1. The van der Waals surface area contributed by atoms with E-state index in [0.717, 1.165) is 60.3 Å². The monoisotopic (exact) mass is 368 g/mol. The smallest absolute Gasteiger partial charge is 0.291 e. The predicted octanol–water partition coefficient (Wildman–Crippen LogP) is 3.54. The Morgan fingerprint density at radius 3 is 2.48 bits per heavy atom. The summed E-state index contributed by atoms with van der Waals surface area (Å²) in [5.41, 5.74) is 5.29. The van der Waals surface area contributed by atoms with Gasteiger partial charge in [0.2, 0.25) is 0 Å². The van der Waals surface area contributed by atoms with Crippen molar-refractivity contribution in [3.8, 4) is 0 Å². The van der Waals surface area contributed by atoms with E-state index in [1.807, 2.05) is 44.4 Å². The molecule has 0 unspecified atom stereocenters. The van der Waals surface area contributed by atoms with Gasteiger partial charge in [-0.1, -0.05) is 24.6 Å². The highest BCUT2D eigenvalue weighted by molar-refractivity contribution is 6.04. The summed E-state index contributed by atoms with van der Waals surface area (Å²) in [6.45, 7) is 9.35. The Labute approximate surface area is 160 Å². The maximum Gasteiger partial charge on any atom is 0.291 e. The number of carbonyl (C=O) groups excluding carboxylic acids is 2. The number of aryl methyl sites for hydroxylation is 3. The van der Waals surface area contributed by atoms with Crippen molar-refractivity contribution in [2.75, 3.05) is 11.9 Å². The summed E-state index contributed by atoms with van der Waals surface area (Å²) in [6, 6.07) is 4.10. The number of nitrogens with zero attached hydrogens (tertiary/aromatic N) is 2. The van der Waals surface area contributed by atoms with E-state index in [1.54, 1.807) is 0 Å². The van der Waals surface area contributed by atoms with Crippen molar-refractivity contribution >= 4 is 17.5 Å². The van der Waals surface area contributed by atoms with E-state index >= 15 is 0 Å². The molecular formula is C21H28N4O2. The summed E-state index contributed by atoms with van der Waals surface area (Å²) in [5.74, 6) is -0.127. The van der Waals surface area contributed by atoms with Crippen LogP contribution in [0.15, 0.2) is 12.1 Å². The highest BCUT2D eigenvalue weighted by Crippen LogP contribution is 2.25. The summed E-state index contributed by atoms with van der Waals surface area (Å²) in [5, 5.41) is 5.89. The van der Waals surface area contributed by atoms with Gasteiger partial charge in [-0.2, -0.15) is 0 Å². The quantitative estimate of drug-likeness (QED) is 0.847. The lowest BCUT2D eigenvalue weighted by Gasteiger charge is -2.18. The van der Waals surface area contributed by atoms with Gasteiger partial charge in [0, 0.05) is 18.8 Å². The highest BCUT2D eigenvalue weighted by Gasteiger charge is 2.27. The van der Waals surface area contributed by atoms with Crippen LogP contribution in [-0.2, 0) is 13.0 Å². The Balaban J connectivity index is 1.93. The maximum atomic E-state index is 13.0. The van der Waals surface area contributed by atoms with Gasteiger partial charge in [-0.25, -0.2) is 4.98 Å². The van der Waals surface area contributed by atoms with E-state index in [-0.39, 0.29) is 11.8 Å². The van der Waals surface area contributed by atoms with Gasteiger partial charge >= 0.3 is 0 Å². The van der Waals surface area contributed by atoms with Crippen LogP contribution >= 0.6 is 0 Å². The van der Waals surface area contributed by atoms with Gasteiger partial charge in [0.25, 0.3) is 11.8 Å². The number of nitrogens with one attached hydrogen (secondary N) is 2. The third kappa shape index (κ3) is 3.89. The summed E-state index contributed by atoms with van der Waals surface area (Å²) >= 11 is 0. The first-order valence-corrected chi connectivity index (χ1v) is 9.69. The van der Waals surface area contributed by atoms with Crippen LogP contribution in [0.3, 0.4) is 0 Å². The minimum Gasteiger partial charge on any atom is -0.351 e. The Morgan fingerprint density at radius 1 is 1.11 bits per heavy atom. The molecule has 1 aliphatic heterocycles.